The molecule has 0 bridgehead atoms. The molecule has 0 atom stereocenters. The third-order valence-corrected chi connectivity index (χ3v) is 6.37. The zero-order valence-electron chi connectivity index (χ0n) is 16.4. The minimum Gasteiger partial charge on any atom is -0.334 e. The van der Waals surface area contributed by atoms with Gasteiger partial charge in [-0.05, 0) is 53.6 Å². The van der Waals surface area contributed by atoms with E-state index in [1.165, 1.54) is 30.3 Å². The van der Waals surface area contributed by atoms with E-state index < -0.39 is 38.4 Å². The van der Waals surface area contributed by atoms with Crippen LogP contribution in [0.25, 0.3) is 0 Å². The number of hydrogen-bond acceptors (Lipinski definition) is 4. The molecule has 0 spiro atoms. The molecule has 0 aliphatic rings. The maximum atomic E-state index is 13.0. The van der Waals surface area contributed by atoms with Crippen molar-refractivity contribution in [2.75, 3.05) is 5.32 Å². The molecule has 0 fully saturated rings. The van der Waals surface area contributed by atoms with Crippen molar-refractivity contribution in [1.29, 1.82) is 0 Å². The van der Waals surface area contributed by atoms with Crippen LogP contribution in [-0.4, -0.2) is 19.4 Å². The molecule has 0 radical (unpaired) electrons. The maximum absolute atomic E-state index is 13.0. The second kappa shape index (κ2) is 9.58. The Bertz CT molecular complexity index is 1200. The zero-order valence-corrected chi connectivity index (χ0v) is 17.9. The normalized spacial score (nSPS) is 11.8. The van der Waals surface area contributed by atoms with E-state index in [4.69, 9.17) is 11.6 Å². The molecule has 11 heteroatoms. The molecule has 0 aliphatic heterocycles. The van der Waals surface area contributed by atoms with Crippen LogP contribution in [0.2, 0.25) is 5.02 Å². The van der Waals surface area contributed by atoms with E-state index in [1.54, 1.807) is 24.5 Å². The van der Waals surface area contributed by atoms with Gasteiger partial charge in [-0.15, -0.1) is 0 Å². The first kappa shape index (κ1) is 23.6. The average molecular weight is 484 g/mol. The lowest BCUT2D eigenvalue weighted by molar-refractivity contribution is -0.137. The van der Waals surface area contributed by atoms with Crippen molar-refractivity contribution >= 4 is 33.2 Å². The number of alkyl halides is 3. The van der Waals surface area contributed by atoms with Crippen LogP contribution in [0.15, 0.2) is 71.9 Å². The molecule has 1 heterocycles. The van der Waals surface area contributed by atoms with Crippen LogP contribution in [0.5, 0.6) is 0 Å². The number of nitrogens with one attached hydrogen (secondary N) is 2. The van der Waals surface area contributed by atoms with E-state index in [0.29, 0.717) is 5.69 Å². The molecule has 0 unspecified atom stereocenters. The lowest BCUT2D eigenvalue weighted by atomic mass is 10.1. The van der Waals surface area contributed by atoms with Crippen LogP contribution in [-0.2, 0) is 28.3 Å². The molecule has 168 valence electrons. The summed E-state index contributed by atoms with van der Waals surface area (Å²) in [5.74, 6) is -0.633. The smallest absolute Gasteiger partial charge is 0.334 e. The van der Waals surface area contributed by atoms with Gasteiger partial charge in [0.25, 0.3) is 0 Å². The highest BCUT2D eigenvalue weighted by atomic mass is 35.5. The van der Waals surface area contributed by atoms with Crippen molar-refractivity contribution in [3.8, 4) is 0 Å². The number of benzene rings is 2. The summed E-state index contributed by atoms with van der Waals surface area (Å²) in [6.07, 6.45) is -1.47. The number of carbonyl (C=O) groups excluding carboxylic acids is 1. The number of pyridine rings is 1. The van der Waals surface area contributed by atoms with Gasteiger partial charge in [-0.25, -0.2) is 13.2 Å². The van der Waals surface area contributed by atoms with Crippen molar-refractivity contribution in [3.63, 3.8) is 0 Å². The lowest BCUT2D eigenvalue weighted by Crippen LogP contribution is -2.28. The molecule has 0 aliphatic carbocycles. The first-order valence-electron chi connectivity index (χ1n) is 9.17. The highest BCUT2D eigenvalue weighted by Gasteiger charge is 2.33. The number of hydrogen-bond donors (Lipinski definition) is 2. The third-order valence-electron chi connectivity index (χ3n) is 4.34. The number of aromatic nitrogens is 1. The maximum Gasteiger partial charge on any atom is 0.417 e. The van der Waals surface area contributed by atoms with Crippen molar-refractivity contribution in [3.05, 3.63) is 88.7 Å². The van der Waals surface area contributed by atoms with Gasteiger partial charge in [-0.2, -0.15) is 13.2 Å². The highest BCUT2D eigenvalue weighted by molar-refractivity contribution is 7.90. The van der Waals surface area contributed by atoms with Gasteiger partial charge in [-0.1, -0.05) is 23.7 Å². The molecule has 0 saturated heterocycles. The second-order valence-electron chi connectivity index (χ2n) is 6.76. The Kier molecular flexibility index (Phi) is 7.05. The van der Waals surface area contributed by atoms with E-state index in [2.05, 4.69) is 15.6 Å². The van der Waals surface area contributed by atoms with Gasteiger partial charge >= 0.3 is 12.2 Å². The van der Waals surface area contributed by atoms with E-state index in [0.717, 1.165) is 17.7 Å². The molecule has 2 amide bonds. The summed E-state index contributed by atoms with van der Waals surface area (Å²) >= 11 is 5.57. The Morgan fingerprint density at radius 1 is 1.03 bits per heavy atom. The lowest BCUT2D eigenvalue weighted by Gasteiger charge is -2.12. The van der Waals surface area contributed by atoms with Crippen LogP contribution in [0, 0.1) is 0 Å². The second-order valence-corrected chi connectivity index (χ2v) is 9.16. The van der Waals surface area contributed by atoms with Gasteiger partial charge in [-0.3, -0.25) is 4.98 Å². The molecule has 1 aromatic heterocycles. The highest BCUT2D eigenvalue weighted by Crippen LogP contribution is 2.35. The number of sulfone groups is 1. The quantitative estimate of drug-likeness (QED) is 0.513. The molecular weight excluding hydrogens is 467 g/mol. The van der Waals surface area contributed by atoms with Crippen molar-refractivity contribution in [2.45, 2.75) is 23.4 Å². The minimum absolute atomic E-state index is 0.0429. The Balaban J connectivity index is 1.65. The van der Waals surface area contributed by atoms with E-state index in [1.807, 2.05) is 0 Å². The molecular formula is C21H17ClF3N3O3S. The van der Waals surface area contributed by atoms with Crippen molar-refractivity contribution < 1.29 is 26.4 Å². The number of halogens is 4. The Morgan fingerprint density at radius 3 is 2.38 bits per heavy atom. The Morgan fingerprint density at radius 2 is 1.75 bits per heavy atom. The third kappa shape index (κ3) is 6.21. The fraction of sp³-hybridized carbons (Fsp3) is 0.143. The molecule has 2 aromatic carbocycles. The molecule has 3 aromatic rings. The molecule has 2 N–H and O–H groups in total. The molecule has 6 nitrogen and oxygen atoms in total. The van der Waals surface area contributed by atoms with Crippen LogP contribution in [0.1, 0.15) is 16.7 Å². The first-order chi connectivity index (χ1) is 15.0. The SMILES string of the molecule is O=C(NCc1cccnc1)Nc1ccc(S(=O)(=O)Cc2ccc(Cl)c(C(F)(F)F)c2)cc1. The van der Waals surface area contributed by atoms with Crippen LogP contribution in [0.3, 0.4) is 0 Å². The summed E-state index contributed by atoms with van der Waals surface area (Å²) in [5, 5.41) is 4.70. The zero-order chi connectivity index (χ0) is 23.4. The summed E-state index contributed by atoms with van der Waals surface area (Å²) in [6, 6.07) is 11.3. The predicted octanol–water partition coefficient (Wildman–Crippen LogP) is 5.05. The molecule has 3 rings (SSSR count). The number of anilines is 1. The summed E-state index contributed by atoms with van der Waals surface area (Å²) in [4.78, 5) is 15.8. The number of urea groups is 1. The van der Waals surface area contributed by atoms with Gasteiger partial charge < -0.3 is 10.6 Å². The van der Waals surface area contributed by atoms with Gasteiger partial charge in [0.05, 0.1) is 21.2 Å². The van der Waals surface area contributed by atoms with E-state index in [-0.39, 0.29) is 17.0 Å². The van der Waals surface area contributed by atoms with Crippen LogP contribution < -0.4 is 10.6 Å². The van der Waals surface area contributed by atoms with Gasteiger partial charge in [0, 0.05) is 24.6 Å². The number of rotatable bonds is 6. The minimum atomic E-state index is -4.69. The largest absolute Gasteiger partial charge is 0.417 e. The van der Waals surface area contributed by atoms with Crippen LogP contribution >= 0.6 is 11.6 Å². The van der Waals surface area contributed by atoms with Gasteiger partial charge in [0.15, 0.2) is 9.84 Å². The van der Waals surface area contributed by atoms with Gasteiger partial charge in [0.1, 0.15) is 0 Å². The van der Waals surface area contributed by atoms with Gasteiger partial charge in [0.2, 0.25) is 0 Å². The monoisotopic (exact) mass is 483 g/mol. The van der Waals surface area contributed by atoms with E-state index in [9.17, 15) is 26.4 Å². The molecule has 32 heavy (non-hydrogen) atoms. The van der Waals surface area contributed by atoms with Crippen LogP contribution in [0.4, 0.5) is 23.7 Å². The summed E-state index contributed by atoms with van der Waals surface area (Å²) in [6.45, 7) is 0.257. The van der Waals surface area contributed by atoms with Crippen molar-refractivity contribution in [2.24, 2.45) is 0 Å². The topological polar surface area (TPSA) is 88.2 Å². The Labute approximate surface area is 187 Å². The number of amides is 2. The fourth-order valence-electron chi connectivity index (χ4n) is 2.79. The number of carbonyl (C=O) groups is 1. The standard InChI is InChI=1S/C21H17ClF3N3O3S/c22-19-8-3-14(10-18(19)21(23,24)25)13-32(30,31)17-6-4-16(5-7-17)28-20(29)27-12-15-2-1-9-26-11-15/h1-11H,12-13H2,(H2,27,28,29). The van der Waals surface area contributed by atoms with Crippen molar-refractivity contribution in [1.82, 2.24) is 10.3 Å². The fourth-order valence-corrected chi connectivity index (χ4v) is 4.35. The Hall–Kier alpha value is -3.11. The number of nitrogens with zero attached hydrogens (tertiary/aromatic N) is 1. The summed E-state index contributed by atoms with van der Waals surface area (Å²) in [7, 11) is -3.93. The first-order valence-corrected chi connectivity index (χ1v) is 11.2. The molecule has 0 saturated carbocycles. The van der Waals surface area contributed by atoms with E-state index >= 15 is 0 Å². The predicted molar refractivity (Wildman–Crippen MR) is 114 cm³/mol. The summed E-state index contributed by atoms with van der Waals surface area (Å²) < 4.78 is 64.3. The summed E-state index contributed by atoms with van der Waals surface area (Å²) in [5.41, 5.74) is 0.0147. The average Bonchev–Trinajstić information content (AvgIpc) is 2.74.